The highest BCUT2D eigenvalue weighted by Crippen LogP contribution is 2.17. The second kappa shape index (κ2) is 8.07. The minimum absolute atomic E-state index is 0.0996. The molecule has 0 radical (unpaired) electrons. The van der Waals surface area contributed by atoms with Crippen LogP contribution in [0.25, 0.3) is 0 Å². The van der Waals surface area contributed by atoms with E-state index in [1.807, 2.05) is 0 Å². The summed E-state index contributed by atoms with van der Waals surface area (Å²) in [6.07, 6.45) is 2.94. The molecule has 0 unspecified atom stereocenters. The Morgan fingerprint density at radius 2 is 2.05 bits per heavy atom. The molecule has 0 amide bonds. The molecular weight excluding hydrogens is 256 g/mol. The number of carbonyl (C=O) groups is 1. The maximum absolute atomic E-state index is 11.9. The lowest BCUT2D eigenvalue weighted by atomic mass is 10.3. The maximum atomic E-state index is 11.9. The number of ether oxygens (including phenoxy) is 2. The highest BCUT2D eigenvalue weighted by Gasteiger charge is 2.03. The van der Waals surface area contributed by atoms with Crippen molar-refractivity contribution in [1.82, 2.24) is 0 Å². The summed E-state index contributed by atoms with van der Waals surface area (Å²) in [5.74, 6) is -0.299. The SMILES string of the molecule is CCOC(=O)/C=C/CNc1ccc(OC(F)F)cc1. The van der Waals surface area contributed by atoms with Crippen molar-refractivity contribution >= 4 is 11.7 Å². The summed E-state index contributed by atoms with van der Waals surface area (Å²) in [5.41, 5.74) is 0.732. The van der Waals surface area contributed by atoms with Crippen LogP contribution in [0.1, 0.15) is 6.92 Å². The first-order valence-electron chi connectivity index (χ1n) is 5.74. The monoisotopic (exact) mass is 271 g/mol. The molecule has 0 saturated carbocycles. The number of alkyl halides is 2. The number of esters is 1. The number of carbonyl (C=O) groups excluding carboxylic acids is 1. The van der Waals surface area contributed by atoms with E-state index < -0.39 is 12.6 Å². The molecule has 0 saturated heterocycles. The van der Waals surface area contributed by atoms with Gasteiger partial charge in [0.2, 0.25) is 0 Å². The molecule has 1 rings (SSSR count). The summed E-state index contributed by atoms with van der Waals surface area (Å²) < 4.78 is 32.8. The number of nitrogens with one attached hydrogen (secondary N) is 1. The zero-order valence-electron chi connectivity index (χ0n) is 10.4. The van der Waals surface area contributed by atoms with E-state index in [1.54, 1.807) is 25.1 Å². The molecule has 1 aromatic carbocycles. The van der Waals surface area contributed by atoms with Crippen LogP contribution >= 0.6 is 0 Å². The highest BCUT2D eigenvalue weighted by molar-refractivity contribution is 5.81. The molecule has 19 heavy (non-hydrogen) atoms. The summed E-state index contributed by atoms with van der Waals surface area (Å²) in [4.78, 5) is 11.0. The van der Waals surface area contributed by atoms with Gasteiger partial charge in [-0.15, -0.1) is 0 Å². The molecule has 0 bridgehead atoms. The van der Waals surface area contributed by atoms with E-state index in [1.165, 1.54) is 18.2 Å². The van der Waals surface area contributed by atoms with Crippen LogP contribution in [0.4, 0.5) is 14.5 Å². The second-order valence-corrected chi connectivity index (χ2v) is 3.44. The maximum Gasteiger partial charge on any atom is 0.387 e. The molecule has 4 nitrogen and oxygen atoms in total. The Kier molecular flexibility index (Phi) is 6.35. The van der Waals surface area contributed by atoms with Crippen LogP contribution in [0.15, 0.2) is 36.4 Å². The smallest absolute Gasteiger partial charge is 0.387 e. The van der Waals surface area contributed by atoms with Crippen molar-refractivity contribution in [2.75, 3.05) is 18.5 Å². The van der Waals surface area contributed by atoms with Gasteiger partial charge in [-0.2, -0.15) is 8.78 Å². The Balaban J connectivity index is 2.35. The van der Waals surface area contributed by atoms with Gasteiger partial charge in [-0.25, -0.2) is 4.79 Å². The molecule has 1 N–H and O–H groups in total. The average Bonchev–Trinajstić information content (AvgIpc) is 2.36. The molecule has 0 aliphatic heterocycles. The van der Waals surface area contributed by atoms with Gasteiger partial charge in [0.25, 0.3) is 0 Å². The lowest BCUT2D eigenvalue weighted by molar-refractivity contribution is -0.137. The molecule has 6 heteroatoms. The van der Waals surface area contributed by atoms with Crippen LogP contribution in [0, 0.1) is 0 Å². The fourth-order valence-corrected chi connectivity index (χ4v) is 1.28. The molecule has 1 aromatic rings. The van der Waals surface area contributed by atoms with Crippen molar-refractivity contribution in [3.8, 4) is 5.75 Å². The van der Waals surface area contributed by atoms with Crippen molar-refractivity contribution in [2.24, 2.45) is 0 Å². The van der Waals surface area contributed by atoms with Gasteiger partial charge in [-0.1, -0.05) is 6.08 Å². The van der Waals surface area contributed by atoms with Gasteiger partial charge in [0.15, 0.2) is 0 Å². The Labute approximate surface area is 110 Å². The Morgan fingerprint density at radius 3 is 2.63 bits per heavy atom. The minimum atomic E-state index is -2.83. The first-order valence-corrected chi connectivity index (χ1v) is 5.74. The van der Waals surface area contributed by atoms with Gasteiger partial charge < -0.3 is 14.8 Å². The molecule has 0 aliphatic carbocycles. The summed E-state index contributed by atoms with van der Waals surface area (Å²) in [6, 6.07) is 6.08. The predicted octanol–water partition coefficient (Wildman–Crippen LogP) is 2.82. The third-order valence-corrected chi connectivity index (χ3v) is 2.04. The van der Waals surface area contributed by atoms with Gasteiger partial charge >= 0.3 is 12.6 Å². The van der Waals surface area contributed by atoms with E-state index in [-0.39, 0.29) is 5.75 Å². The number of hydrogen-bond acceptors (Lipinski definition) is 4. The fourth-order valence-electron chi connectivity index (χ4n) is 1.28. The topological polar surface area (TPSA) is 47.6 Å². The second-order valence-electron chi connectivity index (χ2n) is 3.44. The summed E-state index contributed by atoms with van der Waals surface area (Å²) in [5, 5.41) is 2.99. The minimum Gasteiger partial charge on any atom is -0.463 e. The molecule has 0 fully saturated rings. The van der Waals surface area contributed by atoms with E-state index in [2.05, 4.69) is 10.1 Å². The van der Waals surface area contributed by atoms with Crippen LogP contribution in [0.2, 0.25) is 0 Å². The van der Waals surface area contributed by atoms with E-state index in [4.69, 9.17) is 4.74 Å². The quantitative estimate of drug-likeness (QED) is 0.612. The van der Waals surface area contributed by atoms with Crippen LogP contribution in [-0.2, 0) is 9.53 Å². The van der Waals surface area contributed by atoms with E-state index in [0.717, 1.165) is 5.69 Å². The summed E-state index contributed by atoms with van der Waals surface area (Å²) in [6.45, 7) is -0.338. The van der Waals surface area contributed by atoms with Crippen LogP contribution < -0.4 is 10.1 Å². The largest absolute Gasteiger partial charge is 0.463 e. The number of hydrogen-bond donors (Lipinski definition) is 1. The molecule has 0 heterocycles. The average molecular weight is 271 g/mol. The van der Waals surface area contributed by atoms with Crippen molar-refractivity contribution in [2.45, 2.75) is 13.5 Å². The van der Waals surface area contributed by atoms with Crippen LogP contribution in [0.3, 0.4) is 0 Å². The first-order chi connectivity index (χ1) is 9.11. The van der Waals surface area contributed by atoms with Gasteiger partial charge in [0, 0.05) is 18.3 Å². The van der Waals surface area contributed by atoms with Crippen LogP contribution in [-0.4, -0.2) is 25.7 Å². The Morgan fingerprint density at radius 1 is 1.37 bits per heavy atom. The fraction of sp³-hybridized carbons (Fsp3) is 0.308. The van der Waals surface area contributed by atoms with E-state index in [9.17, 15) is 13.6 Å². The lowest BCUT2D eigenvalue weighted by Gasteiger charge is -2.06. The van der Waals surface area contributed by atoms with Crippen molar-refractivity contribution in [3.63, 3.8) is 0 Å². The third-order valence-electron chi connectivity index (χ3n) is 2.04. The molecular formula is C13H15F2NO3. The predicted molar refractivity (Wildman–Crippen MR) is 67.3 cm³/mol. The number of anilines is 1. The van der Waals surface area contributed by atoms with Gasteiger partial charge in [-0.05, 0) is 31.2 Å². The standard InChI is InChI=1S/C13H15F2NO3/c1-2-18-12(17)4-3-9-16-10-5-7-11(8-6-10)19-13(14)15/h3-8,13,16H,2,9H2,1H3/b4-3+. The molecule has 0 aromatic heterocycles. The normalized spacial score (nSPS) is 10.7. The zero-order valence-corrected chi connectivity index (χ0v) is 10.4. The number of halogens is 2. The molecule has 104 valence electrons. The van der Waals surface area contributed by atoms with Gasteiger partial charge in [0.1, 0.15) is 5.75 Å². The molecule has 0 aliphatic rings. The van der Waals surface area contributed by atoms with Crippen LogP contribution in [0.5, 0.6) is 5.75 Å². The van der Waals surface area contributed by atoms with Gasteiger partial charge in [0.05, 0.1) is 6.61 Å². The Hall–Kier alpha value is -2.11. The van der Waals surface area contributed by atoms with E-state index >= 15 is 0 Å². The van der Waals surface area contributed by atoms with Crippen molar-refractivity contribution < 1.29 is 23.0 Å². The molecule has 0 atom stereocenters. The lowest BCUT2D eigenvalue weighted by Crippen LogP contribution is -2.03. The molecule has 0 spiro atoms. The first kappa shape index (κ1) is 14.9. The van der Waals surface area contributed by atoms with Crippen molar-refractivity contribution in [1.29, 1.82) is 0 Å². The van der Waals surface area contributed by atoms with Crippen molar-refractivity contribution in [3.05, 3.63) is 36.4 Å². The number of benzene rings is 1. The zero-order chi connectivity index (χ0) is 14.1. The number of rotatable bonds is 7. The summed E-state index contributed by atoms with van der Waals surface area (Å²) >= 11 is 0. The summed E-state index contributed by atoms with van der Waals surface area (Å²) in [7, 11) is 0. The third kappa shape index (κ3) is 6.40. The van der Waals surface area contributed by atoms with E-state index in [0.29, 0.717) is 13.2 Å². The van der Waals surface area contributed by atoms with Gasteiger partial charge in [-0.3, -0.25) is 0 Å². The Bertz CT molecular complexity index is 418. The highest BCUT2D eigenvalue weighted by atomic mass is 19.3.